The van der Waals surface area contributed by atoms with Crippen molar-refractivity contribution in [3.63, 3.8) is 0 Å². The molecule has 0 radical (unpaired) electrons. The molecule has 25 heavy (non-hydrogen) atoms. The Hall–Kier alpha value is -2.57. The standard InChI is InChI=1S/C18H25N3O4/c1-4-6-15(22)19-13-7-5-8-14(12(13)2)20-17(25)21-10-9-18(3,11-21)16(23)24/h5,7-8H,4,6,9-11H2,1-3H3,(H,19,22)(H,20,25)(H,23,24). The van der Waals surface area contributed by atoms with Crippen molar-refractivity contribution >= 4 is 29.3 Å². The molecule has 1 unspecified atom stereocenters. The number of urea groups is 1. The van der Waals surface area contributed by atoms with Gasteiger partial charge in [-0.2, -0.15) is 0 Å². The van der Waals surface area contributed by atoms with Crippen LogP contribution < -0.4 is 10.6 Å². The van der Waals surface area contributed by atoms with Crippen molar-refractivity contribution in [1.82, 2.24) is 4.90 Å². The predicted molar refractivity (Wildman–Crippen MR) is 95.7 cm³/mol. The molecule has 3 N–H and O–H groups in total. The molecule has 1 atom stereocenters. The highest BCUT2D eigenvalue weighted by Gasteiger charge is 2.42. The fourth-order valence-electron chi connectivity index (χ4n) is 2.85. The van der Waals surface area contributed by atoms with Gasteiger partial charge in [-0.1, -0.05) is 13.0 Å². The Morgan fingerprint density at radius 1 is 1.24 bits per heavy atom. The van der Waals surface area contributed by atoms with E-state index in [-0.39, 0.29) is 18.5 Å². The molecular formula is C18H25N3O4. The summed E-state index contributed by atoms with van der Waals surface area (Å²) < 4.78 is 0. The zero-order valence-electron chi connectivity index (χ0n) is 14.9. The van der Waals surface area contributed by atoms with Gasteiger partial charge in [0.25, 0.3) is 0 Å². The molecule has 7 nitrogen and oxygen atoms in total. The van der Waals surface area contributed by atoms with Crippen LogP contribution in [-0.4, -0.2) is 41.0 Å². The Balaban J connectivity index is 2.07. The molecule has 1 fully saturated rings. The first-order valence-corrected chi connectivity index (χ1v) is 8.45. The first-order valence-electron chi connectivity index (χ1n) is 8.45. The van der Waals surface area contributed by atoms with Crippen LogP contribution in [0.1, 0.15) is 38.7 Å². The van der Waals surface area contributed by atoms with Crippen LogP contribution in [0.3, 0.4) is 0 Å². The fourth-order valence-corrected chi connectivity index (χ4v) is 2.85. The summed E-state index contributed by atoms with van der Waals surface area (Å²) in [6.07, 6.45) is 1.64. The fraction of sp³-hybridized carbons (Fsp3) is 0.500. The van der Waals surface area contributed by atoms with E-state index < -0.39 is 11.4 Å². The third-order valence-electron chi connectivity index (χ3n) is 4.60. The summed E-state index contributed by atoms with van der Waals surface area (Å²) in [5.41, 5.74) is 1.12. The Morgan fingerprint density at radius 3 is 2.44 bits per heavy atom. The molecule has 0 saturated carbocycles. The van der Waals surface area contributed by atoms with Crippen molar-refractivity contribution in [2.75, 3.05) is 23.7 Å². The van der Waals surface area contributed by atoms with Crippen LogP contribution in [0, 0.1) is 12.3 Å². The summed E-state index contributed by atoms with van der Waals surface area (Å²) in [7, 11) is 0. The maximum absolute atomic E-state index is 12.4. The maximum atomic E-state index is 12.4. The van der Waals surface area contributed by atoms with E-state index in [4.69, 9.17) is 0 Å². The van der Waals surface area contributed by atoms with E-state index in [9.17, 15) is 19.5 Å². The normalized spacial score (nSPS) is 19.6. The van der Waals surface area contributed by atoms with Gasteiger partial charge in [0.2, 0.25) is 5.91 Å². The predicted octanol–water partition coefficient (Wildman–Crippen LogP) is 3.06. The molecule has 136 valence electrons. The first kappa shape index (κ1) is 18.8. The number of amides is 3. The van der Waals surface area contributed by atoms with Gasteiger partial charge >= 0.3 is 12.0 Å². The van der Waals surface area contributed by atoms with Crippen molar-refractivity contribution in [2.24, 2.45) is 5.41 Å². The lowest BCUT2D eigenvalue weighted by Crippen LogP contribution is -2.37. The number of hydrogen-bond donors (Lipinski definition) is 3. The quantitative estimate of drug-likeness (QED) is 0.762. The van der Waals surface area contributed by atoms with Crippen molar-refractivity contribution in [1.29, 1.82) is 0 Å². The van der Waals surface area contributed by atoms with E-state index in [2.05, 4.69) is 10.6 Å². The summed E-state index contributed by atoms with van der Waals surface area (Å²) in [4.78, 5) is 37.0. The molecule has 3 amide bonds. The number of hydrogen-bond acceptors (Lipinski definition) is 3. The van der Waals surface area contributed by atoms with Crippen LogP contribution >= 0.6 is 0 Å². The van der Waals surface area contributed by atoms with E-state index in [1.165, 1.54) is 4.90 Å². The van der Waals surface area contributed by atoms with Crippen molar-refractivity contribution < 1.29 is 19.5 Å². The Kier molecular flexibility index (Phi) is 5.66. The van der Waals surface area contributed by atoms with Gasteiger partial charge < -0.3 is 20.6 Å². The summed E-state index contributed by atoms with van der Waals surface area (Å²) in [6, 6.07) is 4.98. The third-order valence-corrected chi connectivity index (χ3v) is 4.60. The summed E-state index contributed by atoms with van der Waals surface area (Å²) in [5.74, 6) is -0.953. The highest BCUT2D eigenvalue weighted by Crippen LogP contribution is 2.31. The average molecular weight is 347 g/mol. The van der Waals surface area contributed by atoms with Crippen LogP contribution in [0.5, 0.6) is 0 Å². The largest absolute Gasteiger partial charge is 0.481 e. The Labute approximate surface area is 147 Å². The van der Waals surface area contributed by atoms with E-state index >= 15 is 0 Å². The van der Waals surface area contributed by atoms with Crippen LogP contribution in [-0.2, 0) is 9.59 Å². The highest BCUT2D eigenvalue weighted by atomic mass is 16.4. The molecule has 1 aliphatic heterocycles. The van der Waals surface area contributed by atoms with Crippen LogP contribution in [0.25, 0.3) is 0 Å². The number of nitrogens with zero attached hydrogens (tertiary/aromatic N) is 1. The van der Waals surface area contributed by atoms with Gasteiger partial charge in [0, 0.05) is 30.9 Å². The number of likely N-dealkylation sites (tertiary alicyclic amines) is 1. The van der Waals surface area contributed by atoms with Gasteiger partial charge in [-0.25, -0.2) is 4.79 Å². The van der Waals surface area contributed by atoms with Gasteiger partial charge in [0.15, 0.2) is 0 Å². The second-order valence-corrected chi connectivity index (χ2v) is 6.74. The summed E-state index contributed by atoms with van der Waals surface area (Å²) in [6.45, 7) is 5.99. The van der Waals surface area contributed by atoms with Gasteiger partial charge in [0.1, 0.15) is 0 Å². The van der Waals surface area contributed by atoms with Crippen molar-refractivity contribution in [3.8, 4) is 0 Å². The Bertz CT molecular complexity index is 689. The molecule has 7 heteroatoms. The number of nitrogens with one attached hydrogen (secondary N) is 2. The van der Waals surface area contributed by atoms with Crippen LogP contribution in [0.15, 0.2) is 18.2 Å². The monoisotopic (exact) mass is 347 g/mol. The lowest BCUT2D eigenvalue weighted by molar-refractivity contribution is -0.147. The number of aliphatic carboxylic acids is 1. The zero-order chi connectivity index (χ0) is 18.6. The minimum absolute atomic E-state index is 0.0640. The number of carboxylic acid groups (broad SMARTS) is 1. The molecule has 1 heterocycles. The summed E-state index contributed by atoms with van der Waals surface area (Å²) in [5, 5.41) is 14.9. The maximum Gasteiger partial charge on any atom is 0.321 e. The lowest BCUT2D eigenvalue weighted by Gasteiger charge is -2.21. The Morgan fingerprint density at radius 2 is 1.88 bits per heavy atom. The number of rotatable bonds is 5. The molecule has 1 saturated heterocycles. The number of benzene rings is 1. The highest BCUT2D eigenvalue weighted by molar-refractivity contribution is 5.95. The molecule has 0 bridgehead atoms. The number of carbonyl (C=O) groups excluding carboxylic acids is 2. The van der Waals surface area contributed by atoms with E-state index in [1.807, 2.05) is 13.8 Å². The van der Waals surface area contributed by atoms with Crippen LogP contribution in [0.2, 0.25) is 0 Å². The smallest absolute Gasteiger partial charge is 0.321 e. The molecular weight excluding hydrogens is 322 g/mol. The van der Waals surface area contributed by atoms with Gasteiger partial charge in [-0.05, 0) is 44.4 Å². The average Bonchev–Trinajstić information content (AvgIpc) is 2.95. The summed E-state index contributed by atoms with van der Waals surface area (Å²) >= 11 is 0. The second kappa shape index (κ2) is 7.55. The topological polar surface area (TPSA) is 98.7 Å². The minimum atomic E-state index is -0.900. The van der Waals surface area contributed by atoms with Crippen molar-refractivity contribution in [2.45, 2.75) is 40.0 Å². The number of carbonyl (C=O) groups is 3. The third kappa shape index (κ3) is 4.29. The molecule has 1 aliphatic rings. The molecule has 0 aliphatic carbocycles. The van der Waals surface area contributed by atoms with Crippen LogP contribution in [0.4, 0.5) is 16.2 Å². The van der Waals surface area contributed by atoms with Gasteiger partial charge in [-0.15, -0.1) is 0 Å². The first-order chi connectivity index (χ1) is 11.8. The van der Waals surface area contributed by atoms with E-state index in [0.717, 1.165) is 12.0 Å². The lowest BCUT2D eigenvalue weighted by atomic mass is 9.90. The molecule has 0 aromatic heterocycles. The van der Waals surface area contributed by atoms with E-state index in [1.54, 1.807) is 25.1 Å². The van der Waals surface area contributed by atoms with Gasteiger partial charge in [0.05, 0.1) is 5.41 Å². The molecule has 1 aromatic carbocycles. The number of carboxylic acids is 1. The number of anilines is 2. The SMILES string of the molecule is CCCC(=O)Nc1cccc(NC(=O)N2CCC(C)(C(=O)O)C2)c1C. The zero-order valence-corrected chi connectivity index (χ0v) is 14.9. The molecule has 1 aromatic rings. The molecule has 2 rings (SSSR count). The molecule has 0 spiro atoms. The minimum Gasteiger partial charge on any atom is -0.481 e. The van der Waals surface area contributed by atoms with Crippen molar-refractivity contribution in [3.05, 3.63) is 23.8 Å². The van der Waals surface area contributed by atoms with E-state index in [0.29, 0.717) is 30.8 Å². The second-order valence-electron chi connectivity index (χ2n) is 6.74. The van der Waals surface area contributed by atoms with Gasteiger partial charge in [-0.3, -0.25) is 9.59 Å².